The van der Waals surface area contributed by atoms with Gasteiger partial charge in [0.15, 0.2) is 0 Å². The normalized spacial score (nSPS) is 18.5. The van der Waals surface area contributed by atoms with Crippen LogP contribution in [0.25, 0.3) is 11.1 Å². The number of anilines is 3. The van der Waals surface area contributed by atoms with Gasteiger partial charge in [0.1, 0.15) is 0 Å². The zero-order chi connectivity index (χ0) is 22.5. The third-order valence-electron chi connectivity index (χ3n) is 6.01. The van der Waals surface area contributed by atoms with Crippen LogP contribution in [-0.4, -0.2) is 46.1 Å². The van der Waals surface area contributed by atoms with E-state index >= 15 is 0 Å². The number of nitrogens with zero attached hydrogens (tertiary/aromatic N) is 3. The van der Waals surface area contributed by atoms with Crippen LogP contribution in [0.1, 0.15) is 26.7 Å². The summed E-state index contributed by atoms with van der Waals surface area (Å²) in [4.78, 5) is 28.8. The van der Waals surface area contributed by atoms with Crippen LogP contribution < -0.4 is 14.1 Å². The maximum Gasteiger partial charge on any atom is 0.231 e. The number of amides is 2. The van der Waals surface area contributed by atoms with Gasteiger partial charge in [-0.3, -0.25) is 13.9 Å². The Morgan fingerprint density at radius 1 is 1.00 bits per heavy atom. The van der Waals surface area contributed by atoms with Crippen molar-refractivity contribution in [2.45, 2.75) is 32.7 Å². The van der Waals surface area contributed by atoms with Gasteiger partial charge in [-0.2, -0.15) is 0 Å². The fourth-order valence-corrected chi connectivity index (χ4v) is 4.60. The standard InChI is InChI=1S/C23H27N3O4S/c1-15-14-25(23(28)18-5-6-18)22-13-19(9-12-21(22)26(15)16(2)27)17-7-10-20(11-8-17)24(3)31(4,29)30/h7-13,15,18H,5-6,14H2,1-4H3. The van der Waals surface area contributed by atoms with Crippen molar-refractivity contribution in [2.24, 2.45) is 5.92 Å². The van der Waals surface area contributed by atoms with E-state index < -0.39 is 10.0 Å². The molecule has 7 nitrogen and oxygen atoms in total. The largest absolute Gasteiger partial charge is 0.308 e. The predicted octanol–water partition coefficient (Wildman–Crippen LogP) is 3.25. The summed E-state index contributed by atoms with van der Waals surface area (Å²) in [6.07, 6.45) is 3.01. The van der Waals surface area contributed by atoms with E-state index in [0.29, 0.717) is 12.2 Å². The number of fused-ring (bicyclic) bond motifs is 1. The highest BCUT2D eigenvalue weighted by Gasteiger charge is 2.39. The molecule has 2 aliphatic rings. The highest BCUT2D eigenvalue weighted by molar-refractivity contribution is 7.92. The van der Waals surface area contributed by atoms with Crippen molar-refractivity contribution in [2.75, 3.05) is 34.0 Å². The molecule has 1 atom stereocenters. The van der Waals surface area contributed by atoms with Crippen molar-refractivity contribution in [1.29, 1.82) is 0 Å². The monoisotopic (exact) mass is 441 g/mol. The number of sulfonamides is 1. The van der Waals surface area contributed by atoms with E-state index in [1.54, 1.807) is 24.0 Å². The first-order chi connectivity index (χ1) is 14.6. The van der Waals surface area contributed by atoms with Crippen molar-refractivity contribution in [3.05, 3.63) is 42.5 Å². The third-order valence-corrected chi connectivity index (χ3v) is 7.21. The van der Waals surface area contributed by atoms with Crippen molar-refractivity contribution >= 4 is 38.9 Å². The smallest absolute Gasteiger partial charge is 0.231 e. The van der Waals surface area contributed by atoms with Crippen LogP contribution in [0.5, 0.6) is 0 Å². The van der Waals surface area contributed by atoms with Crippen molar-refractivity contribution in [1.82, 2.24) is 0 Å². The SMILES string of the molecule is CC(=O)N1c2ccc(-c3ccc(N(C)S(C)(=O)=O)cc3)cc2N(C(=O)C2CC2)CC1C. The number of carbonyl (C=O) groups excluding carboxylic acids is 2. The van der Waals surface area contributed by atoms with E-state index in [1.807, 2.05) is 42.2 Å². The summed E-state index contributed by atoms with van der Waals surface area (Å²) < 4.78 is 24.8. The zero-order valence-electron chi connectivity index (χ0n) is 18.2. The van der Waals surface area contributed by atoms with Gasteiger partial charge < -0.3 is 9.80 Å². The Morgan fingerprint density at radius 3 is 2.16 bits per heavy atom. The first-order valence-electron chi connectivity index (χ1n) is 10.4. The maximum atomic E-state index is 13.0. The van der Waals surface area contributed by atoms with Crippen LogP contribution in [0.2, 0.25) is 0 Å². The minimum Gasteiger partial charge on any atom is -0.308 e. The molecule has 1 fully saturated rings. The maximum absolute atomic E-state index is 13.0. The molecular weight excluding hydrogens is 414 g/mol. The Labute approximate surface area is 183 Å². The van der Waals surface area contributed by atoms with E-state index in [2.05, 4.69) is 0 Å². The van der Waals surface area contributed by atoms with E-state index in [9.17, 15) is 18.0 Å². The number of hydrogen-bond donors (Lipinski definition) is 0. The molecular formula is C23H27N3O4S. The first-order valence-corrected chi connectivity index (χ1v) is 12.2. The molecule has 164 valence electrons. The molecule has 2 amide bonds. The molecule has 0 saturated heterocycles. The van der Waals surface area contributed by atoms with Gasteiger partial charge in [0.05, 0.1) is 29.4 Å². The van der Waals surface area contributed by atoms with Gasteiger partial charge in [-0.25, -0.2) is 8.42 Å². The Balaban J connectivity index is 1.74. The van der Waals surface area contributed by atoms with Gasteiger partial charge in [0.2, 0.25) is 21.8 Å². The lowest BCUT2D eigenvalue weighted by Crippen LogP contribution is -2.51. The minimum absolute atomic E-state index is 0.0480. The van der Waals surface area contributed by atoms with Crippen LogP contribution in [-0.2, 0) is 19.6 Å². The molecule has 1 heterocycles. The van der Waals surface area contributed by atoms with Gasteiger partial charge in [-0.1, -0.05) is 18.2 Å². The van der Waals surface area contributed by atoms with Crippen molar-refractivity contribution in [3.8, 4) is 11.1 Å². The quantitative estimate of drug-likeness (QED) is 0.730. The molecule has 0 aromatic heterocycles. The Kier molecular flexibility index (Phi) is 5.29. The van der Waals surface area contributed by atoms with E-state index in [4.69, 9.17) is 0 Å². The van der Waals surface area contributed by atoms with Crippen molar-refractivity contribution in [3.63, 3.8) is 0 Å². The van der Waals surface area contributed by atoms with Gasteiger partial charge in [0.25, 0.3) is 0 Å². The molecule has 1 aliphatic carbocycles. The molecule has 0 spiro atoms. The lowest BCUT2D eigenvalue weighted by molar-refractivity contribution is -0.120. The summed E-state index contributed by atoms with van der Waals surface area (Å²) >= 11 is 0. The number of benzene rings is 2. The van der Waals surface area contributed by atoms with Crippen LogP contribution >= 0.6 is 0 Å². The Bertz CT molecular complexity index is 1140. The average Bonchev–Trinajstić information content (AvgIpc) is 3.56. The second-order valence-electron chi connectivity index (χ2n) is 8.44. The summed E-state index contributed by atoms with van der Waals surface area (Å²) in [5, 5.41) is 0. The summed E-state index contributed by atoms with van der Waals surface area (Å²) in [7, 11) is -1.82. The third kappa shape index (κ3) is 4.04. The first kappa shape index (κ1) is 21.4. The van der Waals surface area contributed by atoms with E-state index in [0.717, 1.165) is 41.6 Å². The summed E-state index contributed by atoms with van der Waals surface area (Å²) in [6, 6.07) is 12.9. The molecule has 0 bridgehead atoms. The predicted molar refractivity (Wildman–Crippen MR) is 123 cm³/mol. The fourth-order valence-electron chi connectivity index (χ4n) is 4.10. The summed E-state index contributed by atoms with van der Waals surface area (Å²) in [6.45, 7) is 3.98. The second-order valence-corrected chi connectivity index (χ2v) is 10.5. The lowest BCUT2D eigenvalue weighted by atomic mass is 10.00. The Hall–Kier alpha value is -2.87. The summed E-state index contributed by atoms with van der Waals surface area (Å²) in [5.74, 6) is 0.158. The Morgan fingerprint density at radius 2 is 1.61 bits per heavy atom. The molecule has 4 rings (SSSR count). The lowest BCUT2D eigenvalue weighted by Gasteiger charge is -2.41. The fraction of sp³-hybridized carbons (Fsp3) is 0.391. The molecule has 0 N–H and O–H groups in total. The van der Waals surface area contributed by atoms with Crippen LogP contribution in [0, 0.1) is 5.92 Å². The number of rotatable bonds is 4. The van der Waals surface area contributed by atoms with E-state index in [1.165, 1.54) is 11.4 Å². The highest BCUT2D eigenvalue weighted by Crippen LogP contribution is 2.42. The van der Waals surface area contributed by atoms with Gasteiger partial charge in [0, 0.05) is 26.4 Å². The molecule has 1 unspecified atom stereocenters. The van der Waals surface area contributed by atoms with E-state index in [-0.39, 0.29) is 23.8 Å². The number of hydrogen-bond acceptors (Lipinski definition) is 4. The van der Waals surface area contributed by atoms with Gasteiger partial charge in [-0.15, -0.1) is 0 Å². The molecule has 1 saturated carbocycles. The van der Waals surface area contributed by atoms with Gasteiger partial charge >= 0.3 is 0 Å². The van der Waals surface area contributed by atoms with Gasteiger partial charge in [-0.05, 0) is 55.2 Å². The molecule has 0 radical (unpaired) electrons. The van der Waals surface area contributed by atoms with Crippen LogP contribution in [0.4, 0.5) is 17.1 Å². The topological polar surface area (TPSA) is 78.0 Å². The van der Waals surface area contributed by atoms with Crippen LogP contribution in [0.3, 0.4) is 0 Å². The molecule has 31 heavy (non-hydrogen) atoms. The van der Waals surface area contributed by atoms with Crippen molar-refractivity contribution < 1.29 is 18.0 Å². The molecule has 8 heteroatoms. The molecule has 2 aromatic carbocycles. The molecule has 2 aromatic rings. The zero-order valence-corrected chi connectivity index (χ0v) is 19.0. The van der Waals surface area contributed by atoms with Crippen LogP contribution in [0.15, 0.2) is 42.5 Å². The highest BCUT2D eigenvalue weighted by atomic mass is 32.2. The summed E-state index contributed by atoms with van der Waals surface area (Å²) in [5.41, 5.74) is 3.88. The second kappa shape index (κ2) is 7.67. The number of carbonyl (C=O) groups is 2. The minimum atomic E-state index is -3.33. The molecule has 1 aliphatic heterocycles. The average molecular weight is 442 g/mol.